The van der Waals surface area contributed by atoms with Gasteiger partial charge in [-0.3, -0.25) is 9.45 Å². The van der Waals surface area contributed by atoms with E-state index >= 15 is 0 Å². The van der Waals surface area contributed by atoms with E-state index in [0.717, 1.165) is 13.1 Å². The van der Waals surface area contributed by atoms with Crippen molar-refractivity contribution >= 4 is 39.7 Å². The largest absolute Gasteiger partial charge is 0.379 e. The molecule has 1 rings (SSSR count). The van der Waals surface area contributed by atoms with Crippen molar-refractivity contribution in [1.29, 1.82) is 0 Å². The van der Waals surface area contributed by atoms with E-state index in [1.165, 1.54) is 0 Å². The van der Waals surface area contributed by atoms with E-state index in [9.17, 15) is 8.42 Å². The minimum Gasteiger partial charge on any atom is -0.379 e. The molecule has 0 spiro atoms. The molecule has 1 aliphatic heterocycles. The van der Waals surface area contributed by atoms with E-state index in [1.807, 2.05) is 0 Å². The van der Waals surface area contributed by atoms with Crippen molar-refractivity contribution in [2.75, 3.05) is 38.6 Å². The van der Waals surface area contributed by atoms with Crippen molar-refractivity contribution in [3.63, 3.8) is 0 Å². The van der Waals surface area contributed by atoms with E-state index in [0.29, 0.717) is 26.2 Å². The van der Waals surface area contributed by atoms with Crippen LogP contribution in [0.1, 0.15) is 6.42 Å². The molecule has 0 atom stereocenters. The molecule has 79 valence electrons. The third kappa shape index (κ3) is 7.17. The summed E-state index contributed by atoms with van der Waals surface area (Å²) in [5.74, 6) is -0.148. The summed E-state index contributed by atoms with van der Waals surface area (Å²) < 4.78 is 34.4. The Labute approximate surface area is 107 Å². The number of nitrogens with zero attached hydrogens (tertiary/aromatic N) is 1. The topological polar surface area (TPSA) is 66.8 Å². The van der Waals surface area contributed by atoms with Gasteiger partial charge in [-0.1, -0.05) is 0 Å². The van der Waals surface area contributed by atoms with Gasteiger partial charge in [0, 0.05) is 42.6 Å². The molecular formula is C7H15NNaO4S. The average Bonchev–Trinajstić information content (AvgIpc) is 2.04. The second kappa shape index (κ2) is 7.16. The zero-order valence-corrected chi connectivity index (χ0v) is 11.3. The Kier molecular flexibility index (Phi) is 7.59. The van der Waals surface area contributed by atoms with Gasteiger partial charge >= 0.3 is 0 Å². The molecule has 1 aliphatic rings. The molecule has 0 aliphatic carbocycles. The predicted octanol–water partition coefficient (Wildman–Crippen LogP) is -0.784. The van der Waals surface area contributed by atoms with Gasteiger partial charge in [-0.2, -0.15) is 8.42 Å². The quantitative estimate of drug-likeness (QED) is 0.508. The molecule has 7 heteroatoms. The molecule has 0 aromatic carbocycles. The summed E-state index contributed by atoms with van der Waals surface area (Å²) in [4.78, 5) is 2.13. The van der Waals surface area contributed by atoms with Crippen LogP contribution in [0.4, 0.5) is 0 Å². The van der Waals surface area contributed by atoms with E-state index in [-0.39, 0.29) is 35.3 Å². The van der Waals surface area contributed by atoms with Crippen molar-refractivity contribution in [2.45, 2.75) is 6.42 Å². The fourth-order valence-electron chi connectivity index (χ4n) is 1.30. The molecule has 1 radical (unpaired) electrons. The van der Waals surface area contributed by atoms with E-state index < -0.39 is 10.1 Å². The van der Waals surface area contributed by atoms with Gasteiger partial charge in [0.05, 0.1) is 19.0 Å². The second-order valence-corrected chi connectivity index (χ2v) is 4.67. The number of morpholine rings is 1. The van der Waals surface area contributed by atoms with Crippen LogP contribution < -0.4 is 0 Å². The van der Waals surface area contributed by atoms with Gasteiger partial charge in [-0.25, -0.2) is 0 Å². The molecule has 1 fully saturated rings. The molecule has 0 aromatic rings. The third-order valence-electron chi connectivity index (χ3n) is 1.98. The SMILES string of the molecule is O=S(=O)(O)CCCN1CCOCC1.[Na]. The van der Waals surface area contributed by atoms with Gasteiger partial charge in [0.15, 0.2) is 0 Å². The Bertz CT molecular complexity index is 238. The summed E-state index contributed by atoms with van der Waals surface area (Å²) >= 11 is 0. The number of ether oxygens (including phenoxy) is 1. The first kappa shape index (κ1) is 14.8. The minimum atomic E-state index is -3.78. The maximum Gasteiger partial charge on any atom is 0.264 e. The van der Waals surface area contributed by atoms with Gasteiger partial charge < -0.3 is 4.74 Å². The second-order valence-electron chi connectivity index (χ2n) is 3.09. The summed E-state index contributed by atoms with van der Waals surface area (Å²) in [6.07, 6.45) is 0.485. The van der Waals surface area contributed by atoms with Gasteiger partial charge in [0.1, 0.15) is 0 Å². The van der Waals surface area contributed by atoms with Gasteiger partial charge in [0.2, 0.25) is 0 Å². The summed E-state index contributed by atoms with van der Waals surface area (Å²) in [6, 6.07) is 0. The molecule has 0 aromatic heterocycles. The standard InChI is InChI=1S/C7H15NO4S.Na/c9-13(10,11)7-1-2-8-3-5-12-6-4-8;/h1-7H2,(H,9,10,11);. The summed E-state index contributed by atoms with van der Waals surface area (Å²) in [6.45, 7) is 3.85. The first-order valence-corrected chi connectivity index (χ1v) is 5.94. The molecule has 1 saturated heterocycles. The van der Waals surface area contributed by atoms with E-state index in [2.05, 4.69) is 4.90 Å². The van der Waals surface area contributed by atoms with Gasteiger partial charge in [-0.15, -0.1) is 0 Å². The van der Waals surface area contributed by atoms with Crippen LogP contribution in [0.15, 0.2) is 0 Å². The summed E-state index contributed by atoms with van der Waals surface area (Å²) in [5, 5.41) is 0. The summed E-state index contributed by atoms with van der Waals surface area (Å²) in [5.41, 5.74) is 0. The molecular weight excluding hydrogens is 217 g/mol. The van der Waals surface area contributed by atoms with Crippen LogP contribution in [0.3, 0.4) is 0 Å². The maximum atomic E-state index is 10.4. The van der Waals surface area contributed by atoms with Crippen LogP contribution in [-0.4, -0.2) is 86.0 Å². The Morgan fingerprint density at radius 1 is 1.29 bits per heavy atom. The third-order valence-corrected chi connectivity index (χ3v) is 2.78. The molecule has 0 unspecified atom stereocenters. The van der Waals surface area contributed by atoms with Gasteiger partial charge in [-0.05, 0) is 13.0 Å². The Morgan fingerprint density at radius 2 is 1.86 bits per heavy atom. The first-order valence-electron chi connectivity index (χ1n) is 4.33. The molecule has 14 heavy (non-hydrogen) atoms. The van der Waals surface area contributed by atoms with Crippen molar-refractivity contribution < 1.29 is 17.7 Å². The minimum absolute atomic E-state index is 0. The Morgan fingerprint density at radius 3 is 2.36 bits per heavy atom. The fraction of sp³-hybridized carbons (Fsp3) is 1.00. The molecule has 1 heterocycles. The van der Waals surface area contributed by atoms with Crippen molar-refractivity contribution in [2.24, 2.45) is 0 Å². The van der Waals surface area contributed by atoms with Crippen LogP contribution in [0.25, 0.3) is 0 Å². The van der Waals surface area contributed by atoms with E-state index in [1.54, 1.807) is 0 Å². The predicted molar refractivity (Wildman–Crippen MR) is 54.0 cm³/mol. The summed E-state index contributed by atoms with van der Waals surface area (Å²) in [7, 11) is -3.78. The zero-order valence-electron chi connectivity index (χ0n) is 8.48. The normalized spacial score (nSPS) is 18.9. The smallest absolute Gasteiger partial charge is 0.264 e. The molecule has 0 bridgehead atoms. The first-order chi connectivity index (χ1) is 6.08. The number of hydrogen-bond donors (Lipinski definition) is 1. The van der Waals surface area contributed by atoms with Crippen LogP contribution in [0.5, 0.6) is 0 Å². The average molecular weight is 232 g/mol. The monoisotopic (exact) mass is 232 g/mol. The Balaban J connectivity index is 0.00000169. The Hall–Kier alpha value is 0.830. The fourth-order valence-corrected chi connectivity index (χ4v) is 1.79. The van der Waals surface area contributed by atoms with Crippen molar-refractivity contribution in [3.8, 4) is 0 Å². The molecule has 5 nitrogen and oxygen atoms in total. The number of hydrogen-bond acceptors (Lipinski definition) is 4. The van der Waals surface area contributed by atoms with Crippen LogP contribution in [0, 0.1) is 0 Å². The van der Waals surface area contributed by atoms with Crippen molar-refractivity contribution in [1.82, 2.24) is 4.90 Å². The van der Waals surface area contributed by atoms with Crippen LogP contribution in [0.2, 0.25) is 0 Å². The van der Waals surface area contributed by atoms with E-state index in [4.69, 9.17) is 9.29 Å². The molecule has 0 saturated carbocycles. The number of rotatable bonds is 4. The van der Waals surface area contributed by atoms with Crippen LogP contribution >= 0.6 is 0 Å². The van der Waals surface area contributed by atoms with Crippen LogP contribution in [-0.2, 0) is 14.9 Å². The van der Waals surface area contributed by atoms with Crippen molar-refractivity contribution in [3.05, 3.63) is 0 Å². The zero-order chi connectivity index (χ0) is 9.73. The molecule has 1 N–H and O–H groups in total. The van der Waals surface area contributed by atoms with Gasteiger partial charge in [0.25, 0.3) is 10.1 Å². The molecule has 0 amide bonds. The maximum absolute atomic E-state index is 10.4.